The van der Waals surface area contributed by atoms with Crippen molar-refractivity contribution in [1.82, 2.24) is 0 Å². The molecule has 0 unspecified atom stereocenters. The van der Waals surface area contributed by atoms with Gasteiger partial charge in [0, 0.05) is 0 Å². The molecule has 0 spiro atoms. The van der Waals surface area contributed by atoms with Crippen molar-refractivity contribution in [2.45, 2.75) is 46.3 Å². The standard InChI is InChI=1S/C13H22Si/c1-10(2)13-9-12(14(4,5)6)8-7-11(13)3/h7-10H,1-6H3. The molecule has 0 aliphatic carbocycles. The van der Waals surface area contributed by atoms with Crippen LogP contribution in [0.25, 0.3) is 0 Å². The van der Waals surface area contributed by atoms with Gasteiger partial charge in [0.15, 0.2) is 0 Å². The lowest BCUT2D eigenvalue weighted by molar-refractivity contribution is 0.858. The first kappa shape index (κ1) is 11.5. The van der Waals surface area contributed by atoms with E-state index >= 15 is 0 Å². The molecule has 0 amide bonds. The predicted molar refractivity (Wildman–Crippen MR) is 68.2 cm³/mol. The Bertz CT molecular complexity index is 318. The van der Waals surface area contributed by atoms with Crippen molar-refractivity contribution in [3.05, 3.63) is 29.3 Å². The van der Waals surface area contributed by atoms with Gasteiger partial charge in [-0.3, -0.25) is 0 Å². The van der Waals surface area contributed by atoms with Crippen LogP contribution in [0.4, 0.5) is 0 Å². The normalized spacial score (nSPS) is 12.2. The first-order valence-electron chi connectivity index (χ1n) is 5.43. The van der Waals surface area contributed by atoms with Crippen molar-refractivity contribution in [3.8, 4) is 0 Å². The average Bonchev–Trinajstić information content (AvgIpc) is 2.02. The Balaban J connectivity index is 3.20. The van der Waals surface area contributed by atoms with Crippen LogP contribution in [0.1, 0.15) is 30.9 Å². The maximum Gasteiger partial charge on any atom is 0.0776 e. The van der Waals surface area contributed by atoms with Gasteiger partial charge in [0.05, 0.1) is 8.07 Å². The fraction of sp³-hybridized carbons (Fsp3) is 0.538. The van der Waals surface area contributed by atoms with Crippen molar-refractivity contribution < 1.29 is 0 Å². The van der Waals surface area contributed by atoms with E-state index in [1.54, 1.807) is 5.19 Å². The molecule has 1 rings (SSSR count). The number of hydrogen-bond acceptors (Lipinski definition) is 0. The number of rotatable bonds is 2. The van der Waals surface area contributed by atoms with Crippen LogP contribution >= 0.6 is 0 Å². The quantitative estimate of drug-likeness (QED) is 0.648. The highest BCUT2D eigenvalue weighted by atomic mass is 28.3. The zero-order valence-electron chi connectivity index (χ0n) is 10.3. The highest BCUT2D eigenvalue weighted by Gasteiger charge is 2.17. The molecular formula is C13H22Si. The highest BCUT2D eigenvalue weighted by molar-refractivity contribution is 6.88. The second kappa shape index (κ2) is 3.89. The van der Waals surface area contributed by atoms with E-state index in [0.29, 0.717) is 5.92 Å². The van der Waals surface area contributed by atoms with Crippen LogP contribution in [-0.2, 0) is 0 Å². The first-order valence-corrected chi connectivity index (χ1v) is 8.93. The van der Waals surface area contributed by atoms with Crippen LogP contribution in [0.2, 0.25) is 19.6 Å². The summed E-state index contributed by atoms with van der Waals surface area (Å²) in [6.07, 6.45) is 0. The molecule has 0 radical (unpaired) electrons. The summed E-state index contributed by atoms with van der Waals surface area (Å²) < 4.78 is 0. The molecule has 78 valence electrons. The molecule has 0 nitrogen and oxygen atoms in total. The monoisotopic (exact) mass is 206 g/mol. The van der Waals surface area contributed by atoms with Crippen LogP contribution in [0.5, 0.6) is 0 Å². The van der Waals surface area contributed by atoms with E-state index in [0.717, 1.165) is 0 Å². The minimum absolute atomic E-state index is 0.645. The molecular weight excluding hydrogens is 184 g/mol. The molecule has 0 heterocycles. The Labute approximate surface area is 89.4 Å². The SMILES string of the molecule is Cc1ccc([Si](C)(C)C)cc1C(C)C. The van der Waals surface area contributed by atoms with E-state index in [2.05, 4.69) is 58.6 Å². The smallest absolute Gasteiger partial charge is 0.0656 e. The van der Waals surface area contributed by atoms with Crippen molar-refractivity contribution in [3.63, 3.8) is 0 Å². The van der Waals surface area contributed by atoms with Crippen LogP contribution in [0, 0.1) is 6.92 Å². The molecule has 1 aromatic rings. The summed E-state index contributed by atoms with van der Waals surface area (Å²) in [5.74, 6) is 0.645. The molecule has 1 aromatic carbocycles. The summed E-state index contributed by atoms with van der Waals surface area (Å²) in [4.78, 5) is 0. The van der Waals surface area contributed by atoms with Crippen LogP contribution in [0.15, 0.2) is 18.2 Å². The Kier molecular flexibility index (Phi) is 3.20. The summed E-state index contributed by atoms with van der Waals surface area (Å²) in [5, 5.41) is 1.58. The van der Waals surface area contributed by atoms with Gasteiger partial charge in [0.2, 0.25) is 0 Å². The predicted octanol–water partition coefficient (Wildman–Crippen LogP) is 3.66. The van der Waals surface area contributed by atoms with Gasteiger partial charge < -0.3 is 0 Å². The van der Waals surface area contributed by atoms with Gasteiger partial charge in [-0.05, 0) is 24.0 Å². The van der Waals surface area contributed by atoms with Crippen molar-refractivity contribution in [1.29, 1.82) is 0 Å². The van der Waals surface area contributed by atoms with Crippen molar-refractivity contribution >= 4 is 13.3 Å². The third kappa shape index (κ3) is 2.47. The summed E-state index contributed by atoms with van der Waals surface area (Å²) in [6, 6.07) is 7.02. The van der Waals surface area contributed by atoms with E-state index in [1.165, 1.54) is 11.1 Å². The average molecular weight is 206 g/mol. The Morgan fingerprint density at radius 3 is 2.07 bits per heavy atom. The zero-order valence-corrected chi connectivity index (χ0v) is 11.3. The molecule has 0 saturated heterocycles. The molecule has 0 saturated carbocycles. The van der Waals surface area contributed by atoms with Gasteiger partial charge in [-0.1, -0.05) is 56.9 Å². The minimum Gasteiger partial charge on any atom is -0.0656 e. The van der Waals surface area contributed by atoms with Crippen LogP contribution in [-0.4, -0.2) is 8.07 Å². The summed E-state index contributed by atoms with van der Waals surface area (Å²) in [7, 11) is -1.13. The maximum absolute atomic E-state index is 2.42. The largest absolute Gasteiger partial charge is 0.0776 e. The molecule has 0 aromatic heterocycles. The molecule has 1 heteroatoms. The Morgan fingerprint density at radius 1 is 1.07 bits per heavy atom. The second-order valence-corrected chi connectivity index (χ2v) is 10.6. The molecule has 14 heavy (non-hydrogen) atoms. The lowest BCUT2D eigenvalue weighted by Gasteiger charge is -2.20. The summed E-state index contributed by atoms with van der Waals surface area (Å²) in [5.41, 5.74) is 2.95. The molecule has 0 aliphatic rings. The number of hydrogen-bond donors (Lipinski definition) is 0. The van der Waals surface area contributed by atoms with E-state index in [-0.39, 0.29) is 0 Å². The molecule has 0 bridgehead atoms. The van der Waals surface area contributed by atoms with Gasteiger partial charge in [-0.15, -0.1) is 0 Å². The molecule has 0 atom stereocenters. The van der Waals surface area contributed by atoms with E-state index in [4.69, 9.17) is 0 Å². The van der Waals surface area contributed by atoms with Crippen LogP contribution in [0.3, 0.4) is 0 Å². The topological polar surface area (TPSA) is 0 Å². The summed E-state index contributed by atoms with van der Waals surface area (Å²) in [6.45, 7) is 14.0. The fourth-order valence-electron chi connectivity index (χ4n) is 1.73. The fourth-order valence-corrected chi connectivity index (χ4v) is 2.90. The zero-order chi connectivity index (χ0) is 10.9. The van der Waals surface area contributed by atoms with Gasteiger partial charge in [0.25, 0.3) is 0 Å². The van der Waals surface area contributed by atoms with E-state index in [9.17, 15) is 0 Å². The van der Waals surface area contributed by atoms with E-state index in [1.807, 2.05) is 0 Å². The van der Waals surface area contributed by atoms with Crippen molar-refractivity contribution in [2.24, 2.45) is 0 Å². The lowest BCUT2D eigenvalue weighted by Crippen LogP contribution is -2.37. The van der Waals surface area contributed by atoms with Gasteiger partial charge in [0.1, 0.15) is 0 Å². The van der Waals surface area contributed by atoms with Crippen molar-refractivity contribution in [2.75, 3.05) is 0 Å². The lowest BCUT2D eigenvalue weighted by atomic mass is 9.98. The van der Waals surface area contributed by atoms with Gasteiger partial charge in [-0.2, -0.15) is 0 Å². The number of aryl methyl sites for hydroxylation is 1. The second-order valence-electron chi connectivity index (χ2n) is 5.48. The van der Waals surface area contributed by atoms with Crippen LogP contribution < -0.4 is 5.19 Å². The van der Waals surface area contributed by atoms with Gasteiger partial charge >= 0.3 is 0 Å². The molecule has 0 N–H and O–H groups in total. The highest BCUT2D eigenvalue weighted by Crippen LogP contribution is 2.18. The third-order valence-electron chi connectivity index (χ3n) is 2.77. The summed E-state index contributed by atoms with van der Waals surface area (Å²) >= 11 is 0. The number of benzene rings is 1. The molecule has 0 aliphatic heterocycles. The van der Waals surface area contributed by atoms with E-state index < -0.39 is 8.07 Å². The third-order valence-corrected chi connectivity index (χ3v) is 4.81. The Morgan fingerprint density at radius 2 is 1.64 bits per heavy atom. The maximum atomic E-state index is 2.42. The Hall–Kier alpha value is -0.563. The van der Waals surface area contributed by atoms with Gasteiger partial charge in [-0.25, -0.2) is 0 Å². The minimum atomic E-state index is -1.13. The first-order chi connectivity index (χ1) is 6.32. The molecule has 0 fully saturated rings.